The Morgan fingerprint density at radius 2 is 2.06 bits per heavy atom. The number of nitrogens with two attached hydrogens (primary N) is 1. The second-order valence-corrected chi connectivity index (χ2v) is 4.19. The topological polar surface area (TPSA) is 68.0 Å². The first-order valence-electron chi connectivity index (χ1n) is 5.55. The Labute approximate surface area is 96.3 Å². The average Bonchev–Trinajstić information content (AvgIpc) is 2.29. The Kier molecular flexibility index (Phi) is 3.88. The molecule has 0 saturated carbocycles. The highest BCUT2D eigenvalue weighted by atomic mass is 16.1. The number of hydrogen-bond donors (Lipinski definition) is 2. The lowest BCUT2D eigenvalue weighted by Gasteiger charge is -2.28. The monoisotopic (exact) mass is 221 g/mol. The number of nitrogens with zero attached hydrogens (tertiary/aromatic N) is 1. The molecular weight excluding hydrogens is 202 g/mol. The molecule has 0 spiro atoms. The number of carbonyl (C=O) groups is 1. The van der Waals surface area contributed by atoms with Gasteiger partial charge in [-0.2, -0.15) is 0 Å². The van der Waals surface area contributed by atoms with Crippen molar-refractivity contribution in [3.05, 3.63) is 23.9 Å². The molecule has 0 fully saturated rings. The van der Waals surface area contributed by atoms with Crippen LogP contribution in [0.5, 0.6) is 0 Å². The van der Waals surface area contributed by atoms with E-state index in [2.05, 4.69) is 31.1 Å². The first-order chi connectivity index (χ1) is 7.50. The van der Waals surface area contributed by atoms with E-state index < -0.39 is 5.91 Å². The third-order valence-electron chi connectivity index (χ3n) is 3.04. The van der Waals surface area contributed by atoms with Gasteiger partial charge in [0.15, 0.2) is 0 Å². The molecule has 1 heterocycles. The van der Waals surface area contributed by atoms with Gasteiger partial charge in [-0.05, 0) is 31.9 Å². The van der Waals surface area contributed by atoms with E-state index in [0.717, 1.165) is 18.7 Å². The van der Waals surface area contributed by atoms with Crippen molar-refractivity contribution in [2.45, 2.75) is 39.2 Å². The van der Waals surface area contributed by atoms with Crippen LogP contribution in [-0.4, -0.2) is 16.4 Å². The molecule has 0 aliphatic heterocycles. The van der Waals surface area contributed by atoms with Gasteiger partial charge < -0.3 is 11.1 Å². The van der Waals surface area contributed by atoms with Crippen LogP contribution in [0, 0.1) is 0 Å². The molecule has 4 heteroatoms. The summed E-state index contributed by atoms with van der Waals surface area (Å²) >= 11 is 0. The summed E-state index contributed by atoms with van der Waals surface area (Å²) in [5.41, 5.74) is 5.62. The Hall–Kier alpha value is -1.58. The van der Waals surface area contributed by atoms with Gasteiger partial charge in [-0.1, -0.05) is 13.8 Å². The van der Waals surface area contributed by atoms with Crippen molar-refractivity contribution < 1.29 is 4.79 Å². The highest BCUT2D eigenvalue weighted by molar-refractivity contribution is 5.92. The van der Waals surface area contributed by atoms with Crippen LogP contribution in [0.2, 0.25) is 0 Å². The van der Waals surface area contributed by atoms with Gasteiger partial charge in [-0.25, -0.2) is 4.98 Å². The van der Waals surface area contributed by atoms with Crippen molar-refractivity contribution in [1.82, 2.24) is 4.98 Å². The minimum absolute atomic E-state index is 0.0429. The molecule has 0 aliphatic rings. The van der Waals surface area contributed by atoms with Crippen LogP contribution < -0.4 is 11.1 Å². The van der Waals surface area contributed by atoms with Crippen molar-refractivity contribution in [1.29, 1.82) is 0 Å². The average molecular weight is 221 g/mol. The van der Waals surface area contributed by atoms with E-state index in [-0.39, 0.29) is 5.54 Å². The zero-order chi connectivity index (χ0) is 12.2. The highest BCUT2D eigenvalue weighted by Gasteiger charge is 2.19. The molecule has 0 saturated heterocycles. The Balaban J connectivity index is 2.79. The van der Waals surface area contributed by atoms with Gasteiger partial charge in [0.25, 0.3) is 0 Å². The van der Waals surface area contributed by atoms with Crippen molar-refractivity contribution in [3.8, 4) is 0 Å². The Morgan fingerprint density at radius 1 is 1.44 bits per heavy atom. The van der Waals surface area contributed by atoms with Gasteiger partial charge in [0.1, 0.15) is 5.82 Å². The van der Waals surface area contributed by atoms with Crippen LogP contribution in [0.25, 0.3) is 0 Å². The summed E-state index contributed by atoms with van der Waals surface area (Å²) in [7, 11) is 0. The molecule has 88 valence electrons. The third-order valence-corrected chi connectivity index (χ3v) is 3.04. The quantitative estimate of drug-likeness (QED) is 0.800. The van der Waals surface area contributed by atoms with Crippen LogP contribution in [0.4, 0.5) is 5.82 Å². The summed E-state index contributed by atoms with van der Waals surface area (Å²) in [5, 5.41) is 3.36. The van der Waals surface area contributed by atoms with Gasteiger partial charge in [0, 0.05) is 11.7 Å². The fourth-order valence-corrected chi connectivity index (χ4v) is 1.35. The zero-order valence-electron chi connectivity index (χ0n) is 10.1. The summed E-state index contributed by atoms with van der Waals surface area (Å²) in [6.45, 7) is 6.42. The second kappa shape index (κ2) is 4.96. The fourth-order valence-electron chi connectivity index (χ4n) is 1.35. The van der Waals surface area contributed by atoms with E-state index in [0.29, 0.717) is 5.56 Å². The smallest absolute Gasteiger partial charge is 0.250 e. The van der Waals surface area contributed by atoms with E-state index in [1.807, 2.05) is 0 Å². The Bertz CT molecular complexity index is 355. The molecule has 16 heavy (non-hydrogen) atoms. The molecule has 0 aliphatic carbocycles. The van der Waals surface area contributed by atoms with Crippen LogP contribution in [0.15, 0.2) is 18.3 Å². The lowest BCUT2D eigenvalue weighted by atomic mass is 9.95. The third kappa shape index (κ3) is 2.95. The van der Waals surface area contributed by atoms with Gasteiger partial charge in [0.2, 0.25) is 5.91 Å². The first-order valence-corrected chi connectivity index (χ1v) is 5.55. The minimum Gasteiger partial charge on any atom is -0.366 e. The summed E-state index contributed by atoms with van der Waals surface area (Å²) in [6.07, 6.45) is 3.53. The number of amides is 1. The molecule has 0 atom stereocenters. The normalized spacial score (nSPS) is 11.2. The first kappa shape index (κ1) is 12.5. The van der Waals surface area contributed by atoms with Crippen LogP contribution in [-0.2, 0) is 0 Å². The maximum Gasteiger partial charge on any atom is 0.250 e. The summed E-state index contributed by atoms with van der Waals surface area (Å²) in [6, 6.07) is 3.47. The number of anilines is 1. The Morgan fingerprint density at radius 3 is 2.44 bits per heavy atom. The predicted molar refractivity (Wildman–Crippen MR) is 65.4 cm³/mol. The zero-order valence-corrected chi connectivity index (χ0v) is 10.1. The molecule has 0 bridgehead atoms. The SMILES string of the molecule is CCC(C)(CC)Nc1ccc(C(N)=O)cn1. The molecule has 0 radical (unpaired) electrons. The molecule has 0 aromatic carbocycles. The summed E-state index contributed by atoms with van der Waals surface area (Å²) in [5.74, 6) is 0.323. The van der Waals surface area contributed by atoms with Crippen molar-refractivity contribution in [2.24, 2.45) is 5.73 Å². The van der Waals surface area contributed by atoms with E-state index in [1.54, 1.807) is 12.1 Å². The fraction of sp³-hybridized carbons (Fsp3) is 0.500. The summed E-state index contributed by atoms with van der Waals surface area (Å²) < 4.78 is 0. The number of hydrogen-bond acceptors (Lipinski definition) is 3. The van der Waals surface area contributed by atoms with Crippen molar-refractivity contribution in [3.63, 3.8) is 0 Å². The highest BCUT2D eigenvalue weighted by Crippen LogP contribution is 2.20. The van der Waals surface area contributed by atoms with Gasteiger partial charge >= 0.3 is 0 Å². The minimum atomic E-state index is -0.451. The lowest BCUT2D eigenvalue weighted by molar-refractivity contribution is 0.1000. The van der Waals surface area contributed by atoms with E-state index in [1.165, 1.54) is 6.20 Å². The van der Waals surface area contributed by atoms with Crippen molar-refractivity contribution in [2.75, 3.05) is 5.32 Å². The maximum atomic E-state index is 10.9. The number of carbonyl (C=O) groups excluding carboxylic acids is 1. The van der Waals surface area contributed by atoms with E-state index in [9.17, 15) is 4.79 Å². The van der Waals surface area contributed by atoms with E-state index >= 15 is 0 Å². The van der Waals surface area contributed by atoms with Gasteiger partial charge in [-0.3, -0.25) is 4.79 Å². The molecule has 4 nitrogen and oxygen atoms in total. The molecule has 3 N–H and O–H groups in total. The lowest BCUT2D eigenvalue weighted by Crippen LogP contribution is -2.33. The maximum absolute atomic E-state index is 10.9. The largest absolute Gasteiger partial charge is 0.366 e. The van der Waals surface area contributed by atoms with Crippen molar-refractivity contribution >= 4 is 11.7 Å². The van der Waals surface area contributed by atoms with Gasteiger partial charge in [-0.15, -0.1) is 0 Å². The number of pyridine rings is 1. The number of rotatable bonds is 5. The van der Waals surface area contributed by atoms with Crippen LogP contribution >= 0.6 is 0 Å². The van der Waals surface area contributed by atoms with E-state index in [4.69, 9.17) is 5.73 Å². The standard InChI is InChI=1S/C12H19N3O/c1-4-12(3,5-2)15-10-7-6-9(8-14-10)11(13)16/h6-8H,4-5H2,1-3H3,(H2,13,16)(H,14,15). The molecular formula is C12H19N3O. The number of nitrogens with one attached hydrogen (secondary N) is 1. The second-order valence-electron chi connectivity index (χ2n) is 4.19. The number of primary amides is 1. The summed E-state index contributed by atoms with van der Waals surface area (Å²) in [4.78, 5) is 15.0. The molecule has 1 aromatic heterocycles. The molecule has 1 amide bonds. The predicted octanol–water partition coefficient (Wildman–Crippen LogP) is 2.17. The molecule has 1 aromatic rings. The van der Waals surface area contributed by atoms with Crippen LogP contribution in [0.3, 0.4) is 0 Å². The molecule has 0 unspecified atom stereocenters. The molecule has 1 rings (SSSR count). The van der Waals surface area contributed by atoms with Crippen LogP contribution in [0.1, 0.15) is 44.0 Å². The number of aromatic nitrogens is 1. The van der Waals surface area contributed by atoms with Gasteiger partial charge in [0.05, 0.1) is 5.56 Å².